The minimum Gasteiger partial charge on any atom is -0.504 e. The van der Waals surface area contributed by atoms with Gasteiger partial charge in [0.1, 0.15) is 0 Å². The fourth-order valence-corrected chi connectivity index (χ4v) is 1.22. The van der Waals surface area contributed by atoms with Gasteiger partial charge in [0.05, 0.1) is 5.56 Å². The molecular weight excluding hydrogens is 210 g/mol. The Bertz CT molecular complexity index is 508. The zero-order valence-electron chi connectivity index (χ0n) is 8.14. The van der Waals surface area contributed by atoms with Gasteiger partial charge in [-0.3, -0.25) is 10.1 Å². The monoisotopic (exact) mass is 219 g/mol. The molecule has 0 unspecified atom stereocenters. The van der Waals surface area contributed by atoms with Crippen molar-refractivity contribution in [3.05, 3.63) is 36.2 Å². The zero-order valence-corrected chi connectivity index (χ0v) is 8.14. The second kappa shape index (κ2) is 3.93. The number of phenols is 2. The molecule has 0 saturated carbocycles. The molecule has 4 N–H and O–H groups in total. The molecule has 0 bridgehead atoms. The molecule has 6 nitrogen and oxygen atoms in total. The minimum atomic E-state index is -0.552. The van der Waals surface area contributed by atoms with Gasteiger partial charge in [-0.25, -0.2) is 4.98 Å². The number of carbonyl (C=O) groups excluding carboxylic acids is 1. The van der Waals surface area contributed by atoms with Crippen LogP contribution in [0, 0.1) is 0 Å². The van der Waals surface area contributed by atoms with E-state index in [1.165, 1.54) is 24.4 Å². The molecule has 16 heavy (non-hydrogen) atoms. The molecule has 2 aromatic rings. The summed E-state index contributed by atoms with van der Waals surface area (Å²) in [5.74, 6) is -1.07. The Labute approximate surface area is 90.6 Å². The topological polar surface area (TPSA) is 98.2 Å². The molecule has 6 heteroatoms. The van der Waals surface area contributed by atoms with Crippen LogP contribution in [0.1, 0.15) is 10.4 Å². The molecule has 0 saturated heterocycles. The first kappa shape index (κ1) is 10.0. The van der Waals surface area contributed by atoms with Crippen molar-refractivity contribution in [1.82, 2.24) is 9.97 Å². The summed E-state index contributed by atoms with van der Waals surface area (Å²) in [4.78, 5) is 18.1. The summed E-state index contributed by atoms with van der Waals surface area (Å²) in [6.07, 6.45) is 3.04. The third kappa shape index (κ3) is 1.81. The number of nitrogens with zero attached hydrogens (tertiary/aromatic N) is 1. The Hall–Kier alpha value is -2.50. The van der Waals surface area contributed by atoms with Crippen molar-refractivity contribution in [2.75, 3.05) is 5.32 Å². The van der Waals surface area contributed by atoms with Crippen molar-refractivity contribution in [3.63, 3.8) is 0 Å². The number of aromatic amines is 1. The van der Waals surface area contributed by atoms with Crippen molar-refractivity contribution in [1.29, 1.82) is 0 Å². The highest BCUT2D eigenvalue weighted by atomic mass is 16.3. The molecule has 0 aliphatic rings. The zero-order chi connectivity index (χ0) is 11.5. The van der Waals surface area contributed by atoms with Crippen molar-refractivity contribution in [2.45, 2.75) is 0 Å². The molecular formula is C10H9N3O3. The van der Waals surface area contributed by atoms with E-state index in [1.807, 2.05) is 0 Å². The first-order valence-corrected chi connectivity index (χ1v) is 4.50. The quantitative estimate of drug-likeness (QED) is 0.568. The molecule has 0 atom stereocenters. The number of H-pyrrole nitrogens is 1. The fourth-order valence-electron chi connectivity index (χ4n) is 1.22. The van der Waals surface area contributed by atoms with E-state index in [0.29, 0.717) is 0 Å². The lowest BCUT2D eigenvalue weighted by Gasteiger charge is -2.05. The highest BCUT2D eigenvalue weighted by Crippen LogP contribution is 2.28. The lowest BCUT2D eigenvalue weighted by atomic mass is 10.2. The number of imidazole rings is 1. The van der Waals surface area contributed by atoms with Gasteiger partial charge in [0, 0.05) is 12.4 Å². The van der Waals surface area contributed by atoms with Crippen LogP contribution in [0.4, 0.5) is 5.95 Å². The Balaban J connectivity index is 2.24. The van der Waals surface area contributed by atoms with Gasteiger partial charge in [0.25, 0.3) is 5.91 Å². The van der Waals surface area contributed by atoms with E-state index in [-0.39, 0.29) is 17.3 Å². The van der Waals surface area contributed by atoms with Crippen LogP contribution in [-0.2, 0) is 0 Å². The van der Waals surface area contributed by atoms with E-state index in [1.54, 1.807) is 6.20 Å². The van der Waals surface area contributed by atoms with Gasteiger partial charge < -0.3 is 15.2 Å². The number of phenolic OH excluding ortho intramolecular Hbond substituents is 2. The molecule has 1 amide bonds. The van der Waals surface area contributed by atoms with Crippen molar-refractivity contribution in [2.24, 2.45) is 0 Å². The number of nitrogens with one attached hydrogen (secondary N) is 2. The first-order valence-electron chi connectivity index (χ1n) is 4.50. The number of rotatable bonds is 2. The van der Waals surface area contributed by atoms with E-state index in [9.17, 15) is 15.0 Å². The number of amides is 1. The van der Waals surface area contributed by atoms with Gasteiger partial charge in [0.2, 0.25) is 5.95 Å². The SMILES string of the molecule is O=C(Nc1ncc[nH]1)c1cccc(O)c1O. The van der Waals surface area contributed by atoms with Crippen LogP contribution in [0.3, 0.4) is 0 Å². The van der Waals surface area contributed by atoms with Crippen molar-refractivity contribution < 1.29 is 15.0 Å². The lowest BCUT2D eigenvalue weighted by molar-refractivity contribution is 0.102. The molecule has 82 valence electrons. The van der Waals surface area contributed by atoms with Crippen LogP contribution in [0.15, 0.2) is 30.6 Å². The fraction of sp³-hybridized carbons (Fsp3) is 0. The summed E-state index contributed by atoms with van der Waals surface area (Å²) in [7, 11) is 0. The van der Waals surface area contributed by atoms with Gasteiger partial charge in [-0.05, 0) is 12.1 Å². The van der Waals surface area contributed by atoms with Gasteiger partial charge >= 0.3 is 0 Å². The van der Waals surface area contributed by atoms with Crippen LogP contribution in [0.2, 0.25) is 0 Å². The number of hydrogen-bond acceptors (Lipinski definition) is 4. The number of hydrogen-bond donors (Lipinski definition) is 4. The summed E-state index contributed by atoms with van der Waals surface area (Å²) in [5.41, 5.74) is -0.0172. The number of benzene rings is 1. The second-order valence-electron chi connectivity index (χ2n) is 3.07. The standard InChI is InChI=1S/C10H9N3O3/c14-7-3-1-2-6(8(7)15)9(16)13-10-11-4-5-12-10/h1-5,14-15H,(H2,11,12,13,16). The summed E-state index contributed by atoms with van der Waals surface area (Å²) in [6.45, 7) is 0. The summed E-state index contributed by atoms with van der Waals surface area (Å²) < 4.78 is 0. The van der Waals surface area contributed by atoms with E-state index < -0.39 is 11.7 Å². The van der Waals surface area contributed by atoms with Crippen LogP contribution >= 0.6 is 0 Å². The maximum atomic E-state index is 11.6. The Morgan fingerprint density at radius 2 is 2.19 bits per heavy atom. The van der Waals surface area contributed by atoms with E-state index in [4.69, 9.17) is 0 Å². The molecule has 1 heterocycles. The normalized spacial score (nSPS) is 10.0. The number of aromatic nitrogens is 2. The van der Waals surface area contributed by atoms with E-state index in [2.05, 4.69) is 15.3 Å². The van der Waals surface area contributed by atoms with Crippen LogP contribution in [-0.4, -0.2) is 26.1 Å². The average Bonchev–Trinajstić information content (AvgIpc) is 2.74. The lowest BCUT2D eigenvalue weighted by Crippen LogP contribution is -2.13. The molecule has 0 fully saturated rings. The highest BCUT2D eigenvalue weighted by molar-refractivity contribution is 6.05. The second-order valence-corrected chi connectivity index (χ2v) is 3.07. The summed E-state index contributed by atoms with van der Waals surface area (Å²) in [6, 6.07) is 4.15. The highest BCUT2D eigenvalue weighted by Gasteiger charge is 2.14. The maximum Gasteiger partial charge on any atom is 0.261 e. The predicted molar refractivity (Wildman–Crippen MR) is 56.3 cm³/mol. The third-order valence-corrected chi connectivity index (χ3v) is 1.99. The van der Waals surface area contributed by atoms with Crippen LogP contribution in [0.5, 0.6) is 11.5 Å². The molecule has 0 spiro atoms. The van der Waals surface area contributed by atoms with Crippen molar-refractivity contribution >= 4 is 11.9 Å². The predicted octanol–water partition coefficient (Wildman–Crippen LogP) is 1.07. The van der Waals surface area contributed by atoms with Crippen molar-refractivity contribution in [3.8, 4) is 11.5 Å². The maximum absolute atomic E-state index is 11.6. The Morgan fingerprint density at radius 3 is 2.88 bits per heavy atom. The number of para-hydroxylation sites is 1. The molecule has 1 aromatic carbocycles. The Morgan fingerprint density at radius 1 is 1.38 bits per heavy atom. The minimum absolute atomic E-state index is 0.0172. The first-order chi connectivity index (χ1) is 7.68. The molecule has 2 rings (SSSR count). The van der Waals surface area contributed by atoms with E-state index >= 15 is 0 Å². The molecule has 0 aliphatic heterocycles. The van der Waals surface area contributed by atoms with Crippen LogP contribution in [0.25, 0.3) is 0 Å². The summed E-state index contributed by atoms with van der Waals surface area (Å²) in [5, 5.41) is 21.1. The number of carbonyl (C=O) groups is 1. The number of aromatic hydroxyl groups is 2. The van der Waals surface area contributed by atoms with Gasteiger partial charge in [0.15, 0.2) is 11.5 Å². The Kier molecular flexibility index (Phi) is 2.47. The molecule has 1 aromatic heterocycles. The number of anilines is 1. The summed E-state index contributed by atoms with van der Waals surface area (Å²) >= 11 is 0. The average molecular weight is 219 g/mol. The van der Waals surface area contributed by atoms with Gasteiger partial charge in [-0.2, -0.15) is 0 Å². The third-order valence-electron chi connectivity index (χ3n) is 1.99. The largest absolute Gasteiger partial charge is 0.504 e. The van der Waals surface area contributed by atoms with Gasteiger partial charge in [-0.15, -0.1) is 0 Å². The molecule has 0 radical (unpaired) electrons. The van der Waals surface area contributed by atoms with E-state index in [0.717, 1.165) is 0 Å². The smallest absolute Gasteiger partial charge is 0.261 e. The molecule has 0 aliphatic carbocycles. The van der Waals surface area contributed by atoms with Gasteiger partial charge in [-0.1, -0.05) is 6.07 Å². The van der Waals surface area contributed by atoms with Crippen LogP contribution < -0.4 is 5.32 Å².